The van der Waals surface area contributed by atoms with Gasteiger partial charge >= 0.3 is 12.4 Å². The van der Waals surface area contributed by atoms with Crippen molar-refractivity contribution in [3.8, 4) is 0 Å². The second-order valence-electron chi connectivity index (χ2n) is 9.67. The number of carbonyl (C=O) groups is 2. The van der Waals surface area contributed by atoms with Crippen LogP contribution >= 0.6 is 11.8 Å². The van der Waals surface area contributed by atoms with Gasteiger partial charge in [-0.05, 0) is 66.7 Å². The lowest BCUT2D eigenvalue weighted by Crippen LogP contribution is -2.52. The number of piperidine rings is 1. The lowest BCUT2D eigenvalue weighted by Gasteiger charge is -2.36. The molecule has 2 amide bonds. The summed E-state index contributed by atoms with van der Waals surface area (Å²) in [6, 6.07) is 5.35. The van der Waals surface area contributed by atoms with Gasteiger partial charge in [-0.15, -0.1) is 0 Å². The monoisotopic (exact) mass is 586 g/mol. The van der Waals surface area contributed by atoms with Crippen molar-refractivity contribution in [2.45, 2.75) is 37.5 Å². The fourth-order valence-electron chi connectivity index (χ4n) is 4.89. The molecule has 0 unspecified atom stereocenters. The van der Waals surface area contributed by atoms with Crippen LogP contribution in [0, 0.1) is 0 Å². The number of amides is 2. The minimum atomic E-state index is -5.01. The van der Waals surface area contributed by atoms with Crippen LogP contribution in [0.2, 0.25) is 0 Å². The number of carbonyl (C=O) groups excluding carboxylic acids is 2. The van der Waals surface area contributed by atoms with Gasteiger partial charge in [0.15, 0.2) is 0 Å². The number of halogens is 7. The van der Waals surface area contributed by atoms with Crippen molar-refractivity contribution in [1.29, 1.82) is 0 Å². The molecule has 2 saturated heterocycles. The topological polar surface area (TPSA) is 58.4 Å². The molecule has 0 bridgehead atoms. The predicted octanol–water partition coefficient (Wildman–Crippen LogP) is 6.20. The third-order valence-electron chi connectivity index (χ3n) is 6.89. The van der Waals surface area contributed by atoms with Crippen molar-refractivity contribution in [3.05, 3.63) is 69.8 Å². The zero-order chi connectivity index (χ0) is 29.0. The molecule has 0 radical (unpaired) electrons. The maximum Gasteiger partial charge on any atom is 0.416 e. The number of fused-ring (bicyclic) bond motifs is 1. The zero-order valence-electron chi connectivity index (χ0n) is 20.8. The summed E-state index contributed by atoms with van der Waals surface area (Å²) in [6.45, 7) is 0.224. The first-order valence-electron chi connectivity index (χ1n) is 12.0. The summed E-state index contributed by atoms with van der Waals surface area (Å²) >= 11 is 0.703. The fourth-order valence-corrected chi connectivity index (χ4v) is 5.77. The van der Waals surface area contributed by atoms with E-state index in [1.54, 1.807) is 30.1 Å². The normalized spacial score (nSPS) is 22.2. The molecule has 2 aliphatic rings. The summed E-state index contributed by atoms with van der Waals surface area (Å²) < 4.78 is 95.5. The smallest absolute Gasteiger partial charge is 0.303 e. The number of aromatic nitrogens is 2. The number of alkyl halides is 7. The Morgan fingerprint density at radius 1 is 1.05 bits per heavy atom. The Balaban J connectivity index is 1.39. The number of imide groups is 1. The van der Waals surface area contributed by atoms with E-state index in [2.05, 4.69) is 5.10 Å². The standard InChI is InChI=1S/C26H21F7N4O2S/c1-35-7-6-21(19(27)13-35)37-23(38)22(40-24(37)39)9-14-2-5-20-16(8-14)11-34-36(20)12-15-3-4-17(25(28,29)30)10-18(15)26(31,32)33/h2-5,8-11,19,21H,6-7,12-13H2,1H3/b22-9-/t19-,21-/m1/s1. The van der Waals surface area contributed by atoms with Gasteiger partial charge in [-0.2, -0.15) is 31.4 Å². The maximum absolute atomic E-state index is 14.6. The van der Waals surface area contributed by atoms with Gasteiger partial charge in [0.2, 0.25) is 0 Å². The molecular formula is C26H21F7N4O2S. The number of likely N-dealkylation sites (tertiary alicyclic amines) is 1. The molecule has 3 heterocycles. The van der Waals surface area contributed by atoms with Gasteiger partial charge in [-0.25, -0.2) is 4.39 Å². The Kier molecular flexibility index (Phi) is 7.19. The van der Waals surface area contributed by atoms with Crippen LogP contribution in [-0.4, -0.2) is 63.1 Å². The summed E-state index contributed by atoms with van der Waals surface area (Å²) in [4.78, 5) is 28.4. The van der Waals surface area contributed by atoms with E-state index in [1.165, 1.54) is 17.0 Å². The van der Waals surface area contributed by atoms with Gasteiger partial charge in [0.25, 0.3) is 11.1 Å². The quantitative estimate of drug-likeness (QED) is 0.269. The first-order valence-corrected chi connectivity index (χ1v) is 12.9. The highest BCUT2D eigenvalue weighted by Crippen LogP contribution is 2.39. The number of nitrogens with zero attached hydrogens (tertiary/aromatic N) is 4. The second-order valence-corrected chi connectivity index (χ2v) is 10.7. The fraction of sp³-hybridized carbons (Fsp3) is 0.346. The molecule has 212 valence electrons. The van der Waals surface area contributed by atoms with Crippen LogP contribution in [0.15, 0.2) is 47.5 Å². The molecule has 0 spiro atoms. The summed E-state index contributed by atoms with van der Waals surface area (Å²) in [5.74, 6) is -0.593. The SMILES string of the molecule is CN1CC[C@@H](N2C(=O)S/C(=C\c3ccc4c(cnn4Cc4ccc(C(F)(F)F)cc4C(F)(F)F)c3)C2=O)[C@H](F)C1. The number of benzene rings is 2. The lowest BCUT2D eigenvalue weighted by atomic mass is 10.0. The van der Waals surface area contributed by atoms with E-state index in [-0.39, 0.29) is 23.1 Å². The molecule has 0 N–H and O–H groups in total. The molecule has 2 aliphatic heterocycles. The van der Waals surface area contributed by atoms with Crippen molar-refractivity contribution in [2.75, 3.05) is 20.1 Å². The number of rotatable bonds is 4. The van der Waals surface area contributed by atoms with Crippen LogP contribution in [-0.2, 0) is 23.7 Å². The van der Waals surface area contributed by atoms with Crippen molar-refractivity contribution >= 4 is 39.9 Å². The van der Waals surface area contributed by atoms with E-state index in [4.69, 9.17) is 0 Å². The van der Waals surface area contributed by atoms with E-state index in [0.29, 0.717) is 47.3 Å². The van der Waals surface area contributed by atoms with Crippen LogP contribution in [0.4, 0.5) is 35.5 Å². The van der Waals surface area contributed by atoms with Crippen LogP contribution in [0.5, 0.6) is 0 Å². The molecule has 6 nitrogen and oxygen atoms in total. The van der Waals surface area contributed by atoms with Gasteiger partial charge in [-0.3, -0.25) is 19.2 Å². The van der Waals surface area contributed by atoms with Crippen LogP contribution in [0.1, 0.15) is 28.7 Å². The van der Waals surface area contributed by atoms with Crippen molar-refractivity contribution in [3.63, 3.8) is 0 Å². The van der Waals surface area contributed by atoms with Gasteiger partial charge in [0.1, 0.15) is 6.17 Å². The minimum Gasteiger partial charge on any atom is -0.303 e. The summed E-state index contributed by atoms with van der Waals surface area (Å²) in [6.07, 6.45) is -8.13. The average Bonchev–Trinajstić information content (AvgIpc) is 3.37. The molecule has 3 aromatic rings. The van der Waals surface area contributed by atoms with Gasteiger partial charge < -0.3 is 4.90 Å². The molecule has 2 atom stereocenters. The van der Waals surface area contributed by atoms with Crippen molar-refractivity contribution in [1.82, 2.24) is 19.6 Å². The molecule has 2 fully saturated rings. The summed E-state index contributed by atoms with van der Waals surface area (Å²) in [5.41, 5.74) is -2.28. The molecule has 14 heteroatoms. The van der Waals surface area contributed by atoms with Crippen LogP contribution < -0.4 is 0 Å². The van der Waals surface area contributed by atoms with Crippen LogP contribution in [0.3, 0.4) is 0 Å². The van der Waals surface area contributed by atoms with E-state index < -0.39 is 53.4 Å². The molecule has 2 aromatic carbocycles. The number of hydrogen-bond acceptors (Lipinski definition) is 5. The Labute approximate surface area is 227 Å². The van der Waals surface area contributed by atoms with Gasteiger partial charge in [0.05, 0.1) is 40.3 Å². The molecule has 0 aliphatic carbocycles. The van der Waals surface area contributed by atoms with E-state index in [1.807, 2.05) is 0 Å². The van der Waals surface area contributed by atoms with E-state index in [9.17, 15) is 40.3 Å². The van der Waals surface area contributed by atoms with Gasteiger partial charge in [0, 0.05) is 18.5 Å². The highest BCUT2D eigenvalue weighted by atomic mass is 32.2. The molecule has 0 saturated carbocycles. The lowest BCUT2D eigenvalue weighted by molar-refractivity contribution is -0.143. The van der Waals surface area contributed by atoms with Crippen molar-refractivity contribution in [2.24, 2.45) is 0 Å². The van der Waals surface area contributed by atoms with Crippen molar-refractivity contribution < 1.29 is 40.3 Å². The molecule has 40 heavy (non-hydrogen) atoms. The Bertz CT molecular complexity index is 1510. The van der Waals surface area contributed by atoms with Crippen LogP contribution in [0.25, 0.3) is 17.0 Å². The molecular weight excluding hydrogens is 565 g/mol. The Hall–Kier alpha value is -3.39. The number of hydrogen-bond donors (Lipinski definition) is 0. The predicted molar refractivity (Wildman–Crippen MR) is 134 cm³/mol. The second kappa shape index (κ2) is 10.2. The molecule has 1 aromatic heterocycles. The highest BCUT2D eigenvalue weighted by Gasteiger charge is 2.44. The zero-order valence-corrected chi connectivity index (χ0v) is 21.6. The maximum atomic E-state index is 14.6. The third kappa shape index (κ3) is 5.46. The van der Waals surface area contributed by atoms with E-state index in [0.717, 1.165) is 11.0 Å². The number of thioether (sulfide) groups is 1. The first-order chi connectivity index (χ1) is 18.7. The first kappa shape index (κ1) is 28.1. The third-order valence-corrected chi connectivity index (χ3v) is 7.78. The van der Waals surface area contributed by atoms with E-state index >= 15 is 0 Å². The Morgan fingerprint density at radius 3 is 2.48 bits per heavy atom. The highest BCUT2D eigenvalue weighted by molar-refractivity contribution is 8.18. The Morgan fingerprint density at radius 2 is 1.80 bits per heavy atom. The van der Waals surface area contributed by atoms with Gasteiger partial charge in [-0.1, -0.05) is 12.1 Å². The minimum absolute atomic E-state index is 0.0862. The molecule has 5 rings (SSSR count). The largest absolute Gasteiger partial charge is 0.416 e. The average molecular weight is 587 g/mol. The summed E-state index contributed by atoms with van der Waals surface area (Å²) in [7, 11) is 1.76. The summed E-state index contributed by atoms with van der Waals surface area (Å²) in [5, 5.41) is 4.04.